The number of fused-ring (bicyclic) bond motifs is 1. The first-order valence-corrected chi connectivity index (χ1v) is 11.5. The summed E-state index contributed by atoms with van der Waals surface area (Å²) < 4.78 is 33.2. The molecule has 1 heterocycles. The number of anilines is 2. The highest BCUT2D eigenvalue weighted by Gasteiger charge is 2.36. The van der Waals surface area contributed by atoms with Crippen LogP contribution in [-0.2, 0) is 26.0 Å². The predicted octanol–water partition coefficient (Wildman–Crippen LogP) is 3.62. The summed E-state index contributed by atoms with van der Waals surface area (Å²) in [6, 6.07) is 21.6. The number of hydrogen-bond acceptors (Lipinski definition) is 5. The minimum atomic E-state index is -3.88. The number of carbonyl (C=O) groups is 2. The van der Waals surface area contributed by atoms with Crippen molar-refractivity contribution in [3.05, 3.63) is 90.0 Å². The van der Waals surface area contributed by atoms with Crippen molar-refractivity contribution in [2.45, 2.75) is 24.3 Å². The Morgan fingerprint density at radius 3 is 2.50 bits per heavy atom. The molecule has 0 spiro atoms. The first kappa shape index (κ1) is 21.6. The Kier molecular flexibility index (Phi) is 5.96. The number of ether oxygens (including phenoxy) is 1. The average Bonchev–Trinajstić information content (AvgIpc) is 3.14. The first-order valence-electron chi connectivity index (χ1n) is 10.1. The van der Waals surface area contributed by atoms with Gasteiger partial charge in [-0.3, -0.25) is 9.10 Å². The Balaban J connectivity index is 1.48. The van der Waals surface area contributed by atoms with E-state index in [1.165, 1.54) is 28.6 Å². The van der Waals surface area contributed by atoms with Gasteiger partial charge in [-0.25, -0.2) is 13.2 Å². The van der Waals surface area contributed by atoms with E-state index in [-0.39, 0.29) is 16.5 Å². The first-order chi connectivity index (χ1) is 15.4. The number of sulfonamides is 1. The molecule has 0 saturated carbocycles. The van der Waals surface area contributed by atoms with Gasteiger partial charge in [0.05, 0.1) is 16.1 Å². The minimum absolute atomic E-state index is 0.00996. The molecule has 1 aliphatic heterocycles. The smallest absolute Gasteiger partial charge is 0.338 e. The number of carbonyl (C=O) groups excluding carboxylic acids is 2. The molecule has 0 bridgehead atoms. The molecule has 0 aliphatic carbocycles. The van der Waals surface area contributed by atoms with E-state index in [0.717, 1.165) is 5.56 Å². The van der Waals surface area contributed by atoms with Crippen molar-refractivity contribution in [1.29, 1.82) is 0 Å². The minimum Gasteiger partial charge on any atom is -0.452 e. The van der Waals surface area contributed by atoms with Crippen molar-refractivity contribution in [2.24, 2.45) is 0 Å². The molecule has 164 valence electrons. The standard InChI is InChI=1S/C24H22N2O5S/c1-17-14-18-8-5-6-13-22(18)26(17)32(29,30)21-12-7-9-19(15-21)24(28)31-16-23(27)25-20-10-3-2-4-11-20/h2-13,15,17H,14,16H2,1H3,(H,25,27)/t17-/m1/s1. The van der Waals surface area contributed by atoms with Gasteiger partial charge in [0.1, 0.15) is 0 Å². The zero-order valence-electron chi connectivity index (χ0n) is 17.4. The van der Waals surface area contributed by atoms with E-state index in [9.17, 15) is 18.0 Å². The molecule has 0 radical (unpaired) electrons. The van der Waals surface area contributed by atoms with Crippen molar-refractivity contribution in [3.8, 4) is 0 Å². The largest absolute Gasteiger partial charge is 0.452 e. The Hall–Kier alpha value is -3.65. The second kappa shape index (κ2) is 8.84. The van der Waals surface area contributed by atoms with Gasteiger partial charge in [0, 0.05) is 11.7 Å². The summed E-state index contributed by atoms with van der Waals surface area (Å²) >= 11 is 0. The highest BCUT2D eigenvalue weighted by atomic mass is 32.2. The lowest BCUT2D eigenvalue weighted by atomic mass is 10.1. The fourth-order valence-corrected chi connectivity index (χ4v) is 5.47. The number of para-hydroxylation sites is 2. The number of nitrogens with zero attached hydrogens (tertiary/aromatic N) is 1. The molecule has 0 aromatic heterocycles. The van der Waals surface area contributed by atoms with Crippen molar-refractivity contribution < 1.29 is 22.7 Å². The van der Waals surface area contributed by atoms with E-state index in [1.54, 1.807) is 36.4 Å². The number of rotatable bonds is 6. The van der Waals surface area contributed by atoms with E-state index in [4.69, 9.17) is 4.74 Å². The average molecular weight is 451 g/mol. The zero-order chi connectivity index (χ0) is 22.7. The van der Waals surface area contributed by atoms with Gasteiger partial charge in [-0.15, -0.1) is 0 Å². The van der Waals surface area contributed by atoms with Gasteiger partial charge < -0.3 is 10.1 Å². The molecule has 3 aromatic rings. The molecular weight excluding hydrogens is 428 g/mol. The topological polar surface area (TPSA) is 92.8 Å². The molecule has 0 fully saturated rings. The Morgan fingerprint density at radius 1 is 1.00 bits per heavy atom. The van der Waals surface area contributed by atoms with E-state index < -0.39 is 28.5 Å². The van der Waals surface area contributed by atoms with Crippen molar-refractivity contribution >= 4 is 33.3 Å². The highest BCUT2D eigenvalue weighted by Crippen LogP contribution is 2.36. The highest BCUT2D eigenvalue weighted by molar-refractivity contribution is 7.92. The molecule has 4 rings (SSSR count). The monoisotopic (exact) mass is 450 g/mol. The maximum absolute atomic E-state index is 13.4. The molecule has 0 saturated heterocycles. The molecule has 32 heavy (non-hydrogen) atoms. The second-order valence-corrected chi connectivity index (χ2v) is 9.32. The summed E-state index contributed by atoms with van der Waals surface area (Å²) in [6.45, 7) is 1.36. The lowest BCUT2D eigenvalue weighted by molar-refractivity contribution is -0.119. The fourth-order valence-electron chi connectivity index (χ4n) is 3.73. The van der Waals surface area contributed by atoms with Crippen LogP contribution in [0.15, 0.2) is 83.8 Å². The van der Waals surface area contributed by atoms with Gasteiger partial charge in [-0.2, -0.15) is 0 Å². The van der Waals surface area contributed by atoms with Crippen LogP contribution in [0.5, 0.6) is 0 Å². The third kappa shape index (κ3) is 4.36. The molecule has 1 atom stereocenters. The van der Waals surface area contributed by atoms with Crippen LogP contribution in [0.25, 0.3) is 0 Å². The normalized spacial score (nSPS) is 15.2. The summed E-state index contributed by atoms with van der Waals surface area (Å²) in [5.41, 5.74) is 2.24. The summed E-state index contributed by atoms with van der Waals surface area (Å²) in [5.74, 6) is -1.27. The maximum Gasteiger partial charge on any atom is 0.338 e. The number of esters is 1. The van der Waals surface area contributed by atoms with Crippen LogP contribution in [0, 0.1) is 0 Å². The summed E-state index contributed by atoms with van der Waals surface area (Å²) in [4.78, 5) is 24.5. The van der Waals surface area contributed by atoms with Crippen LogP contribution in [0.4, 0.5) is 11.4 Å². The molecule has 0 unspecified atom stereocenters. The lowest BCUT2D eigenvalue weighted by Gasteiger charge is -2.24. The van der Waals surface area contributed by atoms with Gasteiger partial charge in [0.25, 0.3) is 15.9 Å². The Bertz CT molecular complexity index is 1260. The van der Waals surface area contributed by atoms with E-state index in [1.807, 2.05) is 25.1 Å². The fraction of sp³-hybridized carbons (Fsp3) is 0.167. The second-order valence-electron chi connectivity index (χ2n) is 7.50. The number of amides is 1. The molecular formula is C24H22N2O5S. The van der Waals surface area contributed by atoms with Gasteiger partial charge in [0.2, 0.25) is 0 Å². The Morgan fingerprint density at radius 2 is 1.72 bits per heavy atom. The van der Waals surface area contributed by atoms with Gasteiger partial charge in [0.15, 0.2) is 6.61 Å². The van der Waals surface area contributed by atoms with Gasteiger partial charge in [-0.05, 0) is 55.3 Å². The number of benzene rings is 3. The molecule has 1 N–H and O–H groups in total. The van der Waals surface area contributed by atoms with E-state index in [2.05, 4.69) is 5.32 Å². The van der Waals surface area contributed by atoms with Crippen LogP contribution in [0.1, 0.15) is 22.8 Å². The summed E-state index contributed by atoms with van der Waals surface area (Å²) in [7, 11) is -3.88. The number of hydrogen-bond donors (Lipinski definition) is 1. The Labute approximate surface area is 186 Å². The molecule has 1 amide bonds. The van der Waals surface area contributed by atoms with Gasteiger partial charge in [-0.1, -0.05) is 42.5 Å². The molecule has 3 aromatic carbocycles. The maximum atomic E-state index is 13.4. The molecule has 1 aliphatic rings. The quantitative estimate of drug-likeness (QED) is 0.579. The zero-order valence-corrected chi connectivity index (χ0v) is 18.2. The summed E-state index contributed by atoms with van der Waals surface area (Å²) in [5, 5.41) is 2.62. The third-order valence-electron chi connectivity index (χ3n) is 5.16. The SMILES string of the molecule is C[C@@H]1Cc2ccccc2N1S(=O)(=O)c1cccc(C(=O)OCC(=O)Nc2ccccc2)c1. The summed E-state index contributed by atoms with van der Waals surface area (Å²) in [6.07, 6.45) is 0.619. The van der Waals surface area contributed by atoms with Crippen LogP contribution in [-0.4, -0.2) is 32.9 Å². The van der Waals surface area contributed by atoms with Crippen molar-refractivity contribution in [3.63, 3.8) is 0 Å². The molecule has 8 heteroatoms. The number of nitrogens with one attached hydrogen (secondary N) is 1. The lowest BCUT2D eigenvalue weighted by Crippen LogP contribution is -2.35. The van der Waals surface area contributed by atoms with Gasteiger partial charge >= 0.3 is 5.97 Å². The predicted molar refractivity (Wildman–Crippen MR) is 121 cm³/mol. The van der Waals surface area contributed by atoms with Crippen molar-refractivity contribution in [2.75, 3.05) is 16.2 Å². The molecule has 7 nitrogen and oxygen atoms in total. The third-order valence-corrected chi connectivity index (χ3v) is 7.09. The van der Waals surface area contributed by atoms with Crippen LogP contribution < -0.4 is 9.62 Å². The van der Waals surface area contributed by atoms with Crippen LogP contribution >= 0.6 is 0 Å². The van der Waals surface area contributed by atoms with E-state index in [0.29, 0.717) is 17.8 Å². The van der Waals surface area contributed by atoms with Crippen molar-refractivity contribution in [1.82, 2.24) is 0 Å². The van der Waals surface area contributed by atoms with Crippen LogP contribution in [0.3, 0.4) is 0 Å². The van der Waals surface area contributed by atoms with Crippen LogP contribution in [0.2, 0.25) is 0 Å². The van der Waals surface area contributed by atoms with E-state index >= 15 is 0 Å².